The molecule has 1 spiro atoms. The first-order chi connectivity index (χ1) is 10.9. The quantitative estimate of drug-likeness (QED) is 0.630. The van der Waals surface area contributed by atoms with Gasteiger partial charge >= 0.3 is 5.69 Å². The van der Waals surface area contributed by atoms with E-state index in [9.17, 15) is 10.1 Å². The lowest BCUT2D eigenvalue weighted by atomic mass is 9.96. The zero-order valence-electron chi connectivity index (χ0n) is 14.1. The van der Waals surface area contributed by atoms with Crippen LogP contribution in [0.2, 0.25) is 0 Å². The molecule has 0 saturated carbocycles. The highest BCUT2D eigenvalue weighted by Gasteiger charge is 2.44. The Kier molecular flexibility index (Phi) is 4.19. The molecule has 3 rings (SSSR count). The number of benzene rings is 1. The number of nitro benzene ring substituents is 1. The molecule has 6 nitrogen and oxygen atoms in total. The van der Waals surface area contributed by atoms with Crippen LogP contribution in [-0.4, -0.2) is 48.1 Å². The van der Waals surface area contributed by atoms with Crippen LogP contribution in [0.1, 0.15) is 33.1 Å². The topological polar surface area (TPSA) is 58.8 Å². The molecule has 0 bridgehead atoms. The average Bonchev–Trinajstić information content (AvgIpc) is 3.06. The van der Waals surface area contributed by atoms with Crippen molar-refractivity contribution in [3.63, 3.8) is 0 Å². The van der Waals surface area contributed by atoms with Crippen LogP contribution in [0.25, 0.3) is 0 Å². The maximum absolute atomic E-state index is 11.2. The van der Waals surface area contributed by atoms with E-state index < -0.39 is 0 Å². The van der Waals surface area contributed by atoms with E-state index in [1.165, 1.54) is 12.8 Å². The van der Waals surface area contributed by atoms with Gasteiger partial charge < -0.3 is 9.64 Å². The Labute approximate surface area is 137 Å². The van der Waals surface area contributed by atoms with E-state index in [2.05, 4.69) is 16.8 Å². The van der Waals surface area contributed by atoms with Crippen molar-refractivity contribution < 1.29 is 9.66 Å². The van der Waals surface area contributed by atoms with Crippen LogP contribution >= 0.6 is 0 Å². The monoisotopic (exact) mass is 319 g/mol. The maximum atomic E-state index is 11.2. The van der Waals surface area contributed by atoms with E-state index in [-0.39, 0.29) is 22.3 Å². The zero-order valence-corrected chi connectivity index (χ0v) is 14.1. The Bertz CT molecular complexity index is 605. The predicted molar refractivity (Wildman–Crippen MR) is 90.3 cm³/mol. The van der Waals surface area contributed by atoms with Gasteiger partial charge in [-0.25, -0.2) is 0 Å². The van der Waals surface area contributed by atoms with Crippen LogP contribution < -0.4 is 9.64 Å². The van der Waals surface area contributed by atoms with Gasteiger partial charge in [-0.3, -0.25) is 15.0 Å². The number of likely N-dealkylation sites (tertiary alicyclic amines) is 1. The number of nitrogens with zero attached hydrogens (tertiary/aromatic N) is 3. The van der Waals surface area contributed by atoms with Crippen LogP contribution in [0.3, 0.4) is 0 Å². The molecule has 1 atom stereocenters. The van der Waals surface area contributed by atoms with Crippen LogP contribution in [0.15, 0.2) is 18.2 Å². The third-order valence-electron chi connectivity index (χ3n) is 5.15. The highest BCUT2D eigenvalue weighted by Crippen LogP contribution is 2.40. The van der Waals surface area contributed by atoms with E-state index in [1.807, 2.05) is 26.0 Å². The molecule has 2 aliphatic heterocycles. The molecule has 2 aliphatic rings. The fourth-order valence-corrected chi connectivity index (χ4v) is 3.86. The standard InChI is InChI=1S/C17H25N3O3/c1-13(2)23-16-11-14(5-6-15(16)20(21)22)19-10-8-17(12-19)7-4-9-18(17)3/h5-6,11,13H,4,7-10,12H2,1-3H3/t17-/m0/s1. The summed E-state index contributed by atoms with van der Waals surface area (Å²) in [5, 5.41) is 11.2. The third kappa shape index (κ3) is 3.00. The van der Waals surface area contributed by atoms with E-state index in [0.29, 0.717) is 5.75 Å². The van der Waals surface area contributed by atoms with E-state index in [1.54, 1.807) is 6.07 Å². The second-order valence-electron chi connectivity index (χ2n) is 7.00. The smallest absolute Gasteiger partial charge is 0.311 e. The molecule has 1 aromatic rings. The first-order valence-corrected chi connectivity index (χ1v) is 8.33. The van der Waals surface area contributed by atoms with Gasteiger partial charge in [-0.1, -0.05) is 0 Å². The minimum absolute atomic E-state index is 0.0364. The number of anilines is 1. The molecule has 0 radical (unpaired) electrons. The molecule has 6 heteroatoms. The SMILES string of the molecule is CC(C)Oc1cc(N2CC[C@@]3(CCCN3C)C2)ccc1[N+](=O)[O-]. The summed E-state index contributed by atoms with van der Waals surface area (Å²) in [7, 11) is 2.21. The van der Waals surface area contributed by atoms with Crippen LogP contribution in [0.5, 0.6) is 5.75 Å². The van der Waals surface area contributed by atoms with Crippen molar-refractivity contribution in [2.75, 3.05) is 31.6 Å². The molecular formula is C17H25N3O3. The largest absolute Gasteiger partial charge is 0.484 e. The summed E-state index contributed by atoms with van der Waals surface area (Å²) < 4.78 is 5.67. The highest BCUT2D eigenvalue weighted by molar-refractivity contribution is 5.60. The predicted octanol–water partition coefficient (Wildman–Crippen LogP) is 3.06. The van der Waals surface area contributed by atoms with Gasteiger partial charge in [0.2, 0.25) is 0 Å². The van der Waals surface area contributed by atoms with Crippen LogP contribution in [-0.2, 0) is 0 Å². The van der Waals surface area contributed by atoms with Crippen molar-refractivity contribution in [3.05, 3.63) is 28.3 Å². The maximum Gasteiger partial charge on any atom is 0.311 e. The summed E-state index contributed by atoms with van der Waals surface area (Å²) in [6.07, 6.45) is 3.56. The van der Waals surface area contributed by atoms with E-state index in [4.69, 9.17) is 4.74 Å². The fraction of sp³-hybridized carbons (Fsp3) is 0.647. The van der Waals surface area contributed by atoms with Crippen molar-refractivity contribution in [3.8, 4) is 5.75 Å². The summed E-state index contributed by atoms with van der Waals surface area (Å²) in [6, 6.07) is 5.24. The molecule has 23 heavy (non-hydrogen) atoms. The first-order valence-electron chi connectivity index (χ1n) is 8.33. The summed E-state index contributed by atoms with van der Waals surface area (Å²) in [5.74, 6) is 0.364. The normalized spacial score (nSPS) is 24.8. The minimum Gasteiger partial charge on any atom is -0.484 e. The molecular weight excluding hydrogens is 294 g/mol. The Morgan fingerprint density at radius 3 is 2.70 bits per heavy atom. The summed E-state index contributed by atoms with van der Waals surface area (Å²) in [4.78, 5) is 15.6. The van der Waals surface area contributed by atoms with Crippen molar-refractivity contribution in [2.24, 2.45) is 0 Å². The number of hydrogen-bond donors (Lipinski definition) is 0. The molecule has 1 aromatic carbocycles. The lowest BCUT2D eigenvalue weighted by Crippen LogP contribution is -2.43. The lowest BCUT2D eigenvalue weighted by molar-refractivity contribution is -0.386. The van der Waals surface area contributed by atoms with Gasteiger partial charge in [-0.15, -0.1) is 0 Å². The Morgan fingerprint density at radius 1 is 1.30 bits per heavy atom. The summed E-state index contributed by atoms with van der Waals surface area (Å²) >= 11 is 0. The Balaban J connectivity index is 1.85. The Morgan fingerprint density at radius 2 is 2.09 bits per heavy atom. The third-order valence-corrected chi connectivity index (χ3v) is 5.15. The second-order valence-corrected chi connectivity index (χ2v) is 7.00. The van der Waals surface area contributed by atoms with Crippen molar-refractivity contribution in [1.82, 2.24) is 4.90 Å². The van der Waals surface area contributed by atoms with Gasteiger partial charge in [0.1, 0.15) is 0 Å². The summed E-state index contributed by atoms with van der Waals surface area (Å²) in [5.41, 5.74) is 1.33. The molecule has 0 aromatic heterocycles. The molecule has 2 heterocycles. The van der Waals surface area contributed by atoms with E-state index >= 15 is 0 Å². The molecule has 2 fully saturated rings. The number of likely N-dealkylation sites (N-methyl/N-ethyl adjacent to an activating group) is 1. The first kappa shape index (κ1) is 16.1. The van der Waals surface area contributed by atoms with Gasteiger partial charge in [-0.05, 0) is 52.8 Å². The van der Waals surface area contributed by atoms with Crippen LogP contribution in [0.4, 0.5) is 11.4 Å². The highest BCUT2D eigenvalue weighted by atomic mass is 16.6. The number of hydrogen-bond acceptors (Lipinski definition) is 5. The lowest BCUT2D eigenvalue weighted by Gasteiger charge is -2.32. The molecule has 126 valence electrons. The van der Waals surface area contributed by atoms with Gasteiger partial charge in [-0.2, -0.15) is 0 Å². The minimum atomic E-state index is -0.377. The van der Waals surface area contributed by atoms with Gasteiger partial charge in [0, 0.05) is 36.4 Å². The molecule has 0 aliphatic carbocycles. The number of nitro groups is 1. The van der Waals surface area contributed by atoms with Gasteiger partial charge in [0.05, 0.1) is 11.0 Å². The van der Waals surface area contributed by atoms with Crippen LogP contribution in [0, 0.1) is 10.1 Å². The van der Waals surface area contributed by atoms with Crippen molar-refractivity contribution >= 4 is 11.4 Å². The fourth-order valence-electron chi connectivity index (χ4n) is 3.86. The second kappa shape index (κ2) is 6.00. The number of rotatable bonds is 4. The Hall–Kier alpha value is -1.82. The van der Waals surface area contributed by atoms with Gasteiger partial charge in [0.25, 0.3) is 0 Å². The molecule has 2 saturated heterocycles. The summed E-state index contributed by atoms with van der Waals surface area (Å²) in [6.45, 7) is 6.91. The molecule has 0 N–H and O–H groups in total. The zero-order chi connectivity index (χ0) is 16.6. The molecule has 0 unspecified atom stereocenters. The van der Waals surface area contributed by atoms with Crippen molar-refractivity contribution in [1.29, 1.82) is 0 Å². The number of ether oxygens (including phenoxy) is 1. The molecule has 0 amide bonds. The van der Waals surface area contributed by atoms with Gasteiger partial charge in [0.15, 0.2) is 5.75 Å². The average molecular weight is 319 g/mol. The van der Waals surface area contributed by atoms with E-state index in [0.717, 1.165) is 31.7 Å². The van der Waals surface area contributed by atoms with Crippen molar-refractivity contribution in [2.45, 2.75) is 44.8 Å².